The van der Waals surface area contributed by atoms with Crippen LogP contribution in [0.1, 0.15) is 28.5 Å². The number of furan rings is 1. The molecule has 1 atom stereocenters. The lowest BCUT2D eigenvalue weighted by molar-refractivity contribution is -0.132. The van der Waals surface area contributed by atoms with Crippen LogP contribution in [0.2, 0.25) is 5.02 Å². The number of aliphatic hydroxyl groups excluding tert-OH is 1. The molecule has 6 nitrogen and oxygen atoms in total. The number of carbonyl (C=O) groups is 2. The molecule has 0 aliphatic carbocycles. The van der Waals surface area contributed by atoms with Crippen LogP contribution in [0.5, 0.6) is 5.75 Å². The molecule has 3 aromatic rings. The first-order chi connectivity index (χ1) is 14.8. The summed E-state index contributed by atoms with van der Waals surface area (Å²) in [5.41, 5.74) is 2.66. The van der Waals surface area contributed by atoms with Gasteiger partial charge in [0.05, 0.1) is 24.0 Å². The first kappa shape index (κ1) is 20.8. The van der Waals surface area contributed by atoms with Crippen LogP contribution in [0.25, 0.3) is 5.76 Å². The molecule has 31 heavy (non-hydrogen) atoms. The maximum atomic E-state index is 13.1. The minimum atomic E-state index is -0.919. The van der Waals surface area contributed by atoms with Crippen LogP contribution >= 0.6 is 11.6 Å². The van der Waals surface area contributed by atoms with Gasteiger partial charge in [0.15, 0.2) is 0 Å². The first-order valence-corrected chi connectivity index (χ1v) is 9.96. The Bertz CT molecular complexity index is 1190. The number of ketones is 1. The monoisotopic (exact) mass is 437 g/mol. The standard InChI is InChI=1S/C24H20ClNO5/c1-13-9-14(2)11-16(10-13)26-21(19-5-4-8-31-19)20(23(28)24(26)29)22(27)15-6-7-18(30-3)17(25)12-15/h4-12,21,27H,1-3H3/b22-20-. The number of Topliss-reactive ketones (excluding diaryl/α,β-unsaturated/α-hetero) is 1. The number of ether oxygens (including phenoxy) is 1. The Labute approximate surface area is 184 Å². The van der Waals surface area contributed by atoms with Crippen LogP contribution in [0, 0.1) is 13.8 Å². The second-order valence-electron chi connectivity index (χ2n) is 7.38. The van der Waals surface area contributed by atoms with E-state index in [-0.39, 0.29) is 16.4 Å². The van der Waals surface area contributed by atoms with E-state index < -0.39 is 17.7 Å². The van der Waals surface area contributed by atoms with Crippen molar-refractivity contribution in [2.45, 2.75) is 19.9 Å². The van der Waals surface area contributed by atoms with Crippen molar-refractivity contribution in [2.24, 2.45) is 0 Å². The Morgan fingerprint density at radius 2 is 1.81 bits per heavy atom. The van der Waals surface area contributed by atoms with E-state index in [2.05, 4.69) is 0 Å². The van der Waals surface area contributed by atoms with Gasteiger partial charge in [0.25, 0.3) is 11.7 Å². The van der Waals surface area contributed by atoms with Gasteiger partial charge in [-0.15, -0.1) is 0 Å². The van der Waals surface area contributed by atoms with Crippen molar-refractivity contribution in [2.75, 3.05) is 12.0 Å². The maximum absolute atomic E-state index is 13.1. The van der Waals surface area contributed by atoms with E-state index >= 15 is 0 Å². The fourth-order valence-electron chi connectivity index (χ4n) is 3.87. The van der Waals surface area contributed by atoms with Gasteiger partial charge in [-0.2, -0.15) is 0 Å². The molecule has 0 bridgehead atoms. The molecule has 1 amide bonds. The van der Waals surface area contributed by atoms with E-state index in [4.69, 9.17) is 20.8 Å². The number of hydrogen-bond acceptors (Lipinski definition) is 5. The van der Waals surface area contributed by atoms with Crippen molar-refractivity contribution < 1.29 is 23.8 Å². The molecular formula is C24H20ClNO5. The van der Waals surface area contributed by atoms with Gasteiger partial charge in [-0.25, -0.2) is 0 Å². The lowest BCUT2D eigenvalue weighted by Crippen LogP contribution is -2.29. The minimum Gasteiger partial charge on any atom is -0.507 e. The summed E-state index contributed by atoms with van der Waals surface area (Å²) < 4.78 is 10.7. The van der Waals surface area contributed by atoms with Gasteiger partial charge in [-0.1, -0.05) is 17.7 Å². The molecule has 1 aromatic heterocycles. The molecule has 7 heteroatoms. The van der Waals surface area contributed by atoms with Crippen LogP contribution in [0.4, 0.5) is 5.69 Å². The fourth-order valence-corrected chi connectivity index (χ4v) is 4.13. The summed E-state index contributed by atoms with van der Waals surface area (Å²) in [5, 5.41) is 11.3. The smallest absolute Gasteiger partial charge is 0.300 e. The van der Waals surface area contributed by atoms with Crippen LogP contribution in [0.3, 0.4) is 0 Å². The van der Waals surface area contributed by atoms with Gasteiger partial charge in [0.2, 0.25) is 0 Å². The molecule has 158 valence electrons. The average Bonchev–Trinajstić information content (AvgIpc) is 3.34. The van der Waals surface area contributed by atoms with Gasteiger partial charge in [-0.3, -0.25) is 14.5 Å². The number of aryl methyl sites for hydroxylation is 2. The number of hydrogen-bond donors (Lipinski definition) is 1. The molecular weight excluding hydrogens is 418 g/mol. The van der Waals surface area contributed by atoms with Crippen molar-refractivity contribution in [1.29, 1.82) is 0 Å². The van der Waals surface area contributed by atoms with Crippen molar-refractivity contribution in [3.05, 3.63) is 87.8 Å². The molecule has 0 saturated carbocycles. The van der Waals surface area contributed by atoms with Crippen molar-refractivity contribution in [1.82, 2.24) is 0 Å². The van der Waals surface area contributed by atoms with Gasteiger partial charge in [-0.05, 0) is 67.4 Å². The second-order valence-corrected chi connectivity index (χ2v) is 7.79. The number of benzene rings is 2. The number of anilines is 1. The van der Waals surface area contributed by atoms with E-state index in [1.54, 1.807) is 24.3 Å². The Morgan fingerprint density at radius 1 is 1.10 bits per heavy atom. The van der Waals surface area contributed by atoms with E-state index in [0.717, 1.165) is 11.1 Å². The highest BCUT2D eigenvalue weighted by Crippen LogP contribution is 2.43. The fraction of sp³-hybridized carbons (Fsp3) is 0.167. The van der Waals surface area contributed by atoms with Crippen LogP contribution < -0.4 is 9.64 Å². The topological polar surface area (TPSA) is 80.0 Å². The molecule has 0 radical (unpaired) electrons. The number of aliphatic hydroxyl groups is 1. The normalized spacial score (nSPS) is 17.9. The highest BCUT2D eigenvalue weighted by Gasteiger charge is 2.48. The van der Waals surface area contributed by atoms with Crippen LogP contribution in [-0.2, 0) is 9.59 Å². The third kappa shape index (κ3) is 3.59. The highest BCUT2D eigenvalue weighted by atomic mass is 35.5. The number of halogens is 1. The van der Waals surface area contributed by atoms with E-state index in [1.807, 2.05) is 32.0 Å². The summed E-state index contributed by atoms with van der Waals surface area (Å²) in [4.78, 5) is 27.5. The molecule has 1 aliphatic rings. The molecule has 1 N–H and O–H groups in total. The Balaban J connectivity index is 1.93. The van der Waals surface area contributed by atoms with E-state index in [1.165, 1.54) is 24.3 Å². The molecule has 1 unspecified atom stereocenters. The number of carbonyl (C=O) groups excluding carboxylic acids is 2. The first-order valence-electron chi connectivity index (χ1n) is 9.58. The van der Waals surface area contributed by atoms with Crippen molar-refractivity contribution in [3.8, 4) is 5.75 Å². The molecule has 1 saturated heterocycles. The molecule has 1 aliphatic heterocycles. The summed E-state index contributed by atoms with van der Waals surface area (Å²) in [5.74, 6) is -1.09. The number of rotatable bonds is 4. The predicted octanol–water partition coefficient (Wildman–Crippen LogP) is 5.18. The number of nitrogens with zero attached hydrogens (tertiary/aromatic N) is 1. The Kier molecular flexibility index (Phi) is 5.33. The molecule has 2 aromatic carbocycles. The summed E-state index contributed by atoms with van der Waals surface area (Å²) in [6.07, 6.45) is 1.46. The quantitative estimate of drug-likeness (QED) is 0.345. The molecule has 4 rings (SSSR count). The Hall–Kier alpha value is -3.51. The third-order valence-electron chi connectivity index (χ3n) is 5.17. The van der Waals surface area contributed by atoms with Gasteiger partial charge < -0.3 is 14.3 Å². The lowest BCUT2D eigenvalue weighted by atomic mass is 9.99. The van der Waals surface area contributed by atoms with Crippen molar-refractivity contribution >= 4 is 34.7 Å². The summed E-state index contributed by atoms with van der Waals surface area (Å²) in [7, 11) is 1.48. The predicted molar refractivity (Wildman–Crippen MR) is 117 cm³/mol. The Morgan fingerprint density at radius 3 is 2.39 bits per heavy atom. The number of methoxy groups -OCH3 is 1. The molecule has 0 spiro atoms. The van der Waals surface area contributed by atoms with E-state index in [0.29, 0.717) is 22.8 Å². The highest BCUT2D eigenvalue weighted by molar-refractivity contribution is 6.51. The van der Waals surface area contributed by atoms with Crippen LogP contribution in [0.15, 0.2) is 64.8 Å². The number of amides is 1. The average molecular weight is 438 g/mol. The minimum absolute atomic E-state index is 0.0691. The zero-order chi connectivity index (χ0) is 22.3. The van der Waals surface area contributed by atoms with Crippen LogP contribution in [-0.4, -0.2) is 23.9 Å². The van der Waals surface area contributed by atoms with Gasteiger partial charge >= 0.3 is 0 Å². The van der Waals surface area contributed by atoms with Gasteiger partial charge in [0.1, 0.15) is 23.3 Å². The molecule has 2 heterocycles. The van der Waals surface area contributed by atoms with Gasteiger partial charge in [0, 0.05) is 11.3 Å². The largest absolute Gasteiger partial charge is 0.507 e. The molecule has 1 fully saturated rings. The van der Waals surface area contributed by atoms with E-state index in [9.17, 15) is 14.7 Å². The zero-order valence-corrected chi connectivity index (χ0v) is 17.9. The second kappa shape index (κ2) is 7.96. The summed E-state index contributed by atoms with van der Waals surface area (Å²) in [6.45, 7) is 3.82. The van der Waals surface area contributed by atoms with Crippen molar-refractivity contribution in [3.63, 3.8) is 0 Å². The maximum Gasteiger partial charge on any atom is 0.300 e. The zero-order valence-electron chi connectivity index (χ0n) is 17.2. The summed E-state index contributed by atoms with van der Waals surface area (Å²) >= 11 is 6.20. The summed E-state index contributed by atoms with van der Waals surface area (Å²) in [6, 6.07) is 12.7. The lowest BCUT2D eigenvalue weighted by Gasteiger charge is -2.24. The SMILES string of the molecule is COc1ccc(/C(O)=C2/C(=O)C(=O)N(c3cc(C)cc(C)c3)C2c2ccco2)cc1Cl. The third-order valence-corrected chi connectivity index (χ3v) is 5.46.